The summed E-state index contributed by atoms with van der Waals surface area (Å²) in [6.07, 6.45) is 0. The Morgan fingerprint density at radius 1 is 1.22 bits per heavy atom. The number of likely N-dealkylation sites (N-methyl/N-ethyl adjacent to an activating group) is 1. The summed E-state index contributed by atoms with van der Waals surface area (Å²) >= 11 is 6.03. The van der Waals surface area contributed by atoms with E-state index in [2.05, 4.69) is 5.32 Å². The average molecular weight is 391 g/mol. The Morgan fingerprint density at radius 2 is 1.96 bits per heavy atom. The summed E-state index contributed by atoms with van der Waals surface area (Å²) in [6.45, 7) is 6.93. The molecule has 0 unspecified atom stereocenters. The molecule has 2 aromatic rings. The van der Waals surface area contributed by atoms with Crippen molar-refractivity contribution in [2.24, 2.45) is 0 Å². The van der Waals surface area contributed by atoms with Crippen LogP contribution in [0, 0.1) is 6.92 Å². The second kappa shape index (κ2) is 9.62. The third kappa shape index (κ3) is 5.62. The molecule has 27 heavy (non-hydrogen) atoms. The van der Waals surface area contributed by atoms with Crippen LogP contribution < -0.4 is 14.8 Å². The van der Waals surface area contributed by atoms with Gasteiger partial charge in [0.15, 0.2) is 11.5 Å². The Hall–Kier alpha value is -2.24. The highest BCUT2D eigenvalue weighted by molar-refractivity contribution is 6.31. The van der Waals surface area contributed by atoms with Gasteiger partial charge in [-0.05, 0) is 63.2 Å². The number of carbonyl (C=O) groups is 1. The first kappa shape index (κ1) is 21.1. The Labute approximate surface area is 166 Å². The summed E-state index contributed by atoms with van der Waals surface area (Å²) in [5.74, 6) is 1.32. The number of benzene rings is 2. The summed E-state index contributed by atoms with van der Waals surface area (Å²) in [5.41, 5.74) is 2.74. The highest BCUT2D eigenvalue weighted by atomic mass is 35.5. The lowest BCUT2D eigenvalue weighted by Crippen LogP contribution is -2.39. The maximum Gasteiger partial charge on any atom is 0.241 e. The molecule has 0 bridgehead atoms. The lowest BCUT2D eigenvalue weighted by atomic mass is 10.1. The lowest BCUT2D eigenvalue weighted by molar-refractivity contribution is -0.120. The van der Waals surface area contributed by atoms with Gasteiger partial charge in [0, 0.05) is 17.3 Å². The van der Waals surface area contributed by atoms with Crippen LogP contribution in [-0.2, 0) is 11.3 Å². The SMILES string of the molecule is CCOc1ccc(CN(C)[C@H](C)C(=O)Nc2cc(Cl)ccc2C)cc1OC. The number of aryl methyl sites for hydroxylation is 1. The average Bonchev–Trinajstić information content (AvgIpc) is 2.65. The zero-order valence-corrected chi connectivity index (χ0v) is 17.3. The molecule has 0 aliphatic carbocycles. The van der Waals surface area contributed by atoms with Gasteiger partial charge < -0.3 is 14.8 Å². The number of halogens is 1. The number of anilines is 1. The Bertz CT molecular complexity index is 795. The number of hydrogen-bond donors (Lipinski definition) is 1. The number of rotatable bonds is 8. The minimum Gasteiger partial charge on any atom is -0.493 e. The third-order valence-electron chi connectivity index (χ3n) is 4.46. The normalized spacial score (nSPS) is 12.0. The van der Waals surface area contributed by atoms with E-state index in [1.54, 1.807) is 19.2 Å². The summed E-state index contributed by atoms with van der Waals surface area (Å²) in [7, 11) is 3.53. The van der Waals surface area contributed by atoms with Crippen molar-refractivity contribution in [3.05, 3.63) is 52.5 Å². The van der Waals surface area contributed by atoms with Crippen molar-refractivity contribution < 1.29 is 14.3 Å². The summed E-state index contributed by atoms with van der Waals surface area (Å²) < 4.78 is 10.9. The number of amides is 1. The fourth-order valence-corrected chi connectivity index (χ4v) is 2.85. The van der Waals surface area contributed by atoms with Crippen molar-refractivity contribution >= 4 is 23.2 Å². The Morgan fingerprint density at radius 3 is 2.63 bits per heavy atom. The largest absolute Gasteiger partial charge is 0.493 e. The van der Waals surface area contributed by atoms with Gasteiger partial charge in [0.25, 0.3) is 0 Å². The van der Waals surface area contributed by atoms with Crippen LogP contribution in [0.1, 0.15) is 25.0 Å². The number of ether oxygens (including phenoxy) is 2. The highest BCUT2D eigenvalue weighted by Gasteiger charge is 2.19. The van der Waals surface area contributed by atoms with E-state index in [9.17, 15) is 4.79 Å². The van der Waals surface area contributed by atoms with Gasteiger partial charge in [0.2, 0.25) is 5.91 Å². The van der Waals surface area contributed by atoms with Crippen LogP contribution in [0.5, 0.6) is 11.5 Å². The molecule has 0 fully saturated rings. The molecule has 0 radical (unpaired) electrons. The van der Waals surface area contributed by atoms with E-state index >= 15 is 0 Å². The number of methoxy groups -OCH3 is 1. The van der Waals surface area contributed by atoms with Gasteiger partial charge >= 0.3 is 0 Å². The number of nitrogens with zero attached hydrogens (tertiary/aromatic N) is 1. The zero-order valence-electron chi connectivity index (χ0n) is 16.5. The second-order valence-corrected chi connectivity index (χ2v) is 6.89. The molecule has 0 saturated carbocycles. The molecule has 2 rings (SSSR count). The highest BCUT2D eigenvalue weighted by Crippen LogP contribution is 2.28. The first-order valence-corrected chi connectivity index (χ1v) is 9.30. The van der Waals surface area contributed by atoms with Crippen molar-refractivity contribution in [3.63, 3.8) is 0 Å². The molecule has 0 spiro atoms. The van der Waals surface area contributed by atoms with E-state index < -0.39 is 0 Å². The van der Waals surface area contributed by atoms with Gasteiger partial charge in [0.1, 0.15) is 0 Å². The molecular formula is C21H27ClN2O3. The maximum atomic E-state index is 12.6. The van der Waals surface area contributed by atoms with E-state index in [1.165, 1.54) is 0 Å². The smallest absolute Gasteiger partial charge is 0.241 e. The van der Waals surface area contributed by atoms with Crippen LogP contribution in [-0.4, -0.2) is 37.6 Å². The second-order valence-electron chi connectivity index (χ2n) is 6.46. The molecule has 2 aromatic carbocycles. The molecule has 0 saturated heterocycles. The molecule has 1 N–H and O–H groups in total. The zero-order chi connectivity index (χ0) is 20.0. The van der Waals surface area contributed by atoms with Gasteiger partial charge in [-0.15, -0.1) is 0 Å². The minimum atomic E-state index is -0.319. The van der Waals surface area contributed by atoms with E-state index in [0.717, 1.165) is 16.8 Å². The third-order valence-corrected chi connectivity index (χ3v) is 4.69. The molecule has 0 aromatic heterocycles. The van der Waals surface area contributed by atoms with Gasteiger partial charge in [-0.1, -0.05) is 23.7 Å². The molecule has 1 amide bonds. The van der Waals surface area contributed by atoms with Crippen molar-refractivity contribution in [1.29, 1.82) is 0 Å². The van der Waals surface area contributed by atoms with Crippen LogP contribution in [0.2, 0.25) is 5.02 Å². The summed E-state index contributed by atoms with van der Waals surface area (Å²) in [6, 6.07) is 11.0. The lowest BCUT2D eigenvalue weighted by Gasteiger charge is -2.24. The number of carbonyl (C=O) groups excluding carboxylic acids is 1. The monoisotopic (exact) mass is 390 g/mol. The fraction of sp³-hybridized carbons (Fsp3) is 0.381. The van der Waals surface area contributed by atoms with Gasteiger partial charge in [-0.25, -0.2) is 0 Å². The van der Waals surface area contributed by atoms with Gasteiger partial charge in [0.05, 0.1) is 19.8 Å². The molecule has 5 nitrogen and oxygen atoms in total. The van der Waals surface area contributed by atoms with Crippen LogP contribution in [0.25, 0.3) is 0 Å². The van der Waals surface area contributed by atoms with E-state index in [-0.39, 0.29) is 11.9 Å². The predicted octanol–water partition coefficient (Wildman–Crippen LogP) is 4.51. The van der Waals surface area contributed by atoms with Crippen molar-refractivity contribution in [2.75, 3.05) is 26.1 Å². The van der Waals surface area contributed by atoms with Gasteiger partial charge in [-0.2, -0.15) is 0 Å². The first-order chi connectivity index (χ1) is 12.8. The van der Waals surface area contributed by atoms with Crippen LogP contribution in [0.4, 0.5) is 5.69 Å². The minimum absolute atomic E-state index is 0.0826. The van der Waals surface area contributed by atoms with E-state index in [1.807, 2.05) is 57.0 Å². The Balaban J connectivity index is 2.05. The van der Waals surface area contributed by atoms with Crippen LogP contribution in [0.15, 0.2) is 36.4 Å². The van der Waals surface area contributed by atoms with E-state index in [4.69, 9.17) is 21.1 Å². The van der Waals surface area contributed by atoms with Crippen molar-refractivity contribution in [3.8, 4) is 11.5 Å². The van der Waals surface area contributed by atoms with Crippen LogP contribution in [0.3, 0.4) is 0 Å². The number of nitrogens with one attached hydrogen (secondary N) is 1. The molecule has 0 heterocycles. The Kier molecular flexibility index (Phi) is 7.51. The predicted molar refractivity (Wildman–Crippen MR) is 110 cm³/mol. The van der Waals surface area contributed by atoms with Gasteiger partial charge in [-0.3, -0.25) is 9.69 Å². The maximum absolute atomic E-state index is 12.6. The standard InChI is InChI=1S/C21H27ClN2O3/c1-6-27-19-10-8-16(11-20(19)26-5)13-24(4)15(3)21(25)23-18-12-17(22)9-7-14(18)2/h7-12,15H,6,13H2,1-5H3,(H,23,25)/t15-/m1/s1. The van der Waals surface area contributed by atoms with Crippen molar-refractivity contribution in [2.45, 2.75) is 33.4 Å². The van der Waals surface area contributed by atoms with Crippen LogP contribution >= 0.6 is 11.6 Å². The summed E-state index contributed by atoms with van der Waals surface area (Å²) in [5, 5.41) is 3.55. The fourth-order valence-electron chi connectivity index (χ4n) is 2.68. The molecule has 0 aliphatic rings. The molecule has 1 atom stereocenters. The van der Waals surface area contributed by atoms with E-state index in [0.29, 0.717) is 29.7 Å². The first-order valence-electron chi connectivity index (χ1n) is 8.92. The topological polar surface area (TPSA) is 50.8 Å². The number of hydrogen-bond acceptors (Lipinski definition) is 4. The molecule has 146 valence electrons. The molecule has 6 heteroatoms. The molecular weight excluding hydrogens is 364 g/mol. The quantitative estimate of drug-likeness (QED) is 0.720. The summed E-state index contributed by atoms with van der Waals surface area (Å²) in [4.78, 5) is 14.6. The van der Waals surface area contributed by atoms with Crippen molar-refractivity contribution in [1.82, 2.24) is 4.90 Å². The molecule has 0 aliphatic heterocycles.